The first-order chi connectivity index (χ1) is 16.8. The Morgan fingerprint density at radius 3 is 2.37 bits per heavy atom. The van der Waals surface area contributed by atoms with Crippen molar-refractivity contribution in [2.24, 2.45) is 0 Å². The summed E-state index contributed by atoms with van der Waals surface area (Å²) >= 11 is 7.80. The van der Waals surface area contributed by atoms with Crippen LogP contribution >= 0.6 is 22.9 Å². The lowest BCUT2D eigenvalue weighted by atomic mass is 10.1. The van der Waals surface area contributed by atoms with Crippen LogP contribution in [0.3, 0.4) is 0 Å². The second kappa shape index (κ2) is 9.70. The van der Waals surface area contributed by atoms with Gasteiger partial charge in [0.15, 0.2) is 5.13 Å². The third kappa shape index (κ3) is 4.71. The van der Waals surface area contributed by atoms with Gasteiger partial charge in [-0.2, -0.15) is 4.31 Å². The van der Waals surface area contributed by atoms with E-state index in [1.165, 1.54) is 27.8 Å². The SMILES string of the molecule is Cc1ccc(Cl)c2sc(N(Cc3ccccc3)C(=O)c3ccc(S(=O)(=O)N4CCCC4)cc3)nc12. The molecule has 6 nitrogen and oxygen atoms in total. The number of hydrogen-bond donors (Lipinski definition) is 0. The van der Waals surface area contributed by atoms with E-state index < -0.39 is 10.0 Å². The number of aryl methyl sites for hydroxylation is 1. The third-order valence-corrected chi connectivity index (χ3v) is 9.60. The number of hydrogen-bond acceptors (Lipinski definition) is 5. The van der Waals surface area contributed by atoms with Gasteiger partial charge in [0, 0.05) is 18.7 Å². The van der Waals surface area contributed by atoms with Crippen molar-refractivity contribution in [1.82, 2.24) is 9.29 Å². The molecule has 1 amide bonds. The minimum atomic E-state index is -3.55. The maximum absolute atomic E-state index is 13.7. The normalized spacial score (nSPS) is 14.5. The van der Waals surface area contributed by atoms with Crippen LogP contribution in [0.25, 0.3) is 10.2 Å². The highest BCUT2D eigenvalue weighted by Crippen LogP contribution is 2.36. The number of halogens is 1. The predicted octanol–water partition coefficient (Wildman–Crippen LogP) is 5.89. The number of aromatic nitrogens is 1. The highest BCUT2D eigenvalue weighted by Gasteiger charge is 2.28. The minimum absolute atomic E-state index is 0.202. The van der Waals surface area contributed by atoms with Gasteiger partial charge in [0.05, 0.1) is 26.7 Å². The average Bonchev–Trinajstić information content (AvgIpc) is 3.57. The predicted molar refractivity (Wildman–Crippen MR) is 141 cm³/mol. The summed E-state index contributed by atoms with van der Waals surface area (Å²) in [5.74, 6) is -0.258. The number of rotatable bonds is 6. The number of nitrogens with zero attached hydrogens (tertiary/aromatic N) is 3. The molecular formula is C26H24ClN3O3S2. The van der Waals surface area contributed by atoms with Gasteiger partial charge in [-0.3, -0.25) is 9.69 Å². The molecule has 0 unspecified atom stereocenters. The van der Waals surface area contributed by atoms with E-state index >= 15 is 0 Å². The van der Waals surface area contributed by atoms with Crippen LogP contribution in [0.5, 0.6) is 0 Å². The number of carbonyl (C=O) groups excluding carboxylic acids is 1. The molecule has 0 saturated carbocycles. The van der Waals surface area contributed by atoms with E-state index in [4.69, 9.17) is 16.6 Å². The molecule has 1 aliphatic rings. The van der Waals surface area contributed by atoms with Gasteiger partial charge in [0.1, 0.15) is 0 Å². The molecule has 1 aromatic heterocycles. The van der Waals surface area contributed by atoms with Crippen LogP contribution in [0.1, 0.15) is 34.3 Å². The first kappa shape index (κ1) is 23.9. The van der Waals surface area contributed by atoms with Crippen molar-refractivity contribution in [2.45, 2.75) is 31.2 Å². The Morgan fingerprint density at radius 2 is 1.71 bits per heavy atom. The standard InChI is InChI=1S/C26H24ClN3O3S2/c1-18-9-14-22(27)24-23(18)28-26(34-24)30(17-19-7-3-2-4-8-19)25(31)20-10-12-21(13-11-20)35(32,33)29-15-5-6-16-29/h2-4,7-14H,5-6,15-17H2,1H3. The van der Waals surface area contributed by atoms with E-state index in [0.717, 1.165) is 34.2 Å². The molecule has 35 heavy (non-hydrogen) atoms. The van der Waals surface area contributed by atoms with Crippen LogP contribution < -0.4 is 4.90 Å². The number of thiazole rings is 1. The van der Waals surface area contributed by atoms with Crippen LogP contribution in [-0.2, 0) is 16.6 Å². The van der Waals surface area contributed by atoms with E-state index in [0.29, 0.717) is 35.4 Å². The van der Waals surface area contributed by atoms with Crippen molar-refractivity contribution in [2.75, 3.05) is 18.0 Å². The summed E-state index contributed by atoms with van der Waals surface area (Å²) in [6, 6.07) is 19.6. The molecule has 2 heterocycles. The van der Waals surface area contributed by atoms with Crippen LogP contribution in [0, 0.1) is 6.92 Å². The van der Waals surface area contributed by atoms with Gasteiger partial charge in [-0.25, -0.2) is 13.4 Å². The van der Waals surface area contributed by atoms with E-state index in [1.807, 2.05) is 49.4 Å². The van der Waals surface area contributed by atoms with Crippen LogP contribution in [0.4, 0.5) is 5.13 Å². The number of amides is 1. The van der Waals surface area contributed by atoms with Crippen molar-refractivity contribution < 1.29 is 13.2 Å². The molecule has 3 aromatic carbocycles. The zero-order valence-corrected chi connectivity index (χ0v) is 21.5. The van der Waals surface area contributed by atoms with Gasteiger partial charge in [-0.05, 0) is 61.2 Å². The molecule has 0 bridgehead atoms. The van der Waals surface area contributed by atoms with Crippen molar-refractivity contribution >= 4 is 54.2 Å². The smallest absolute Gasteiger partial charge is 0.260 e. The van der Waals surface area contributed by atoms with E-state index in [2.05, 4.69) is 0 Å². The van der Waals surface area contributed by atoms with Gasteiger partial charge in [-0.15, -0.1) is 0 Å². The molecular weight excluding hydrogens is 502 g/mol. The van der Waals surface area contributed by atoms with Gasteiger partial charge in [0.25, 0.3) is 5.91 Å². The number of benzene rings is 3. The largest absolute Gasteiger partial charge is 0.279 e. The summed E-state index contributed by atoms with van der Waals surface area (Å²) in [5, 5.41) is 1.14. The maximum Gasteiger partial charge on any atom is 0.260 e. The van der Waals surface area contributed by atoms with E-state index in [-0.39, 0.29) is 10.8 Å². The molecule has 0 aliphatic carbocycles. The molecule has 1 saturated heterocycles. The Hall–Kier alpha value is -2.78. The third-order valence-electron chi connectivity index (χ3n) is 6.15. The topological polar surface area (TPSA) is 70.6 Å². The van der Waals surface area contributed by atoms with Crippen molar-refractivity contribution in [3.8, 4) is 0 Å². The highest BCUT2D eigenvalue weighted by atomic mass is 35.5. The quantitative estimate of drug-likeness (QED) is 0.315. The van der Waals surface area contributed by atoms with Gasteiger partial charge < -0.3 is 0 Å². The molecule has 0 spiro atoms. The van der Waals surface area contributed by atoms with Gasteiger partial charge >= 0.3 is 0 Å². The second-order valence-electron chi connectivity index (χ2n) is 8.55. The molecule has 4 aromatic rings. The number of fused-ring (bicyclic) bond motifs is 1. The summed E-state index contributed by atoms with van der Waals surface area (Å²) in [6.07, 6.45) is 1.74. The molecule has 1 fully saturated rings. The molecule has 1 aliphatic heterocycles. The summed E-state index contributed by atoms with van der Waals surface area (Å²) in [7, 11) is -3.55. The van der Waals surface area contributed by atoms with Crippen molar-refractivity contribution in [1.29, 1.82) is 0 Å². The first-order valence-corrected chi connectivity index (χ1v) is 14.0. The van der Waals surface area contributed by atoms with Crippen LogP contribution in [0.15, 0.2) is 71.6 Å². The molecule has 5 rings (SSSR count). The Labute approximate surface area is 213 Å². The summed E-state index contributed by atoms with van der Waals surface area (Å²) in [6.45, 7) is 3.36. The highest BCUT2D eigenvalue weighted by molar-refractivity contribution is 7.89. The van der Waals surface area contributed by atoms with E-state index in [1.54, 1.807) is 17.0 Å². The maximum atomic E-state index is 13.7. The lowest BCUT2D eigenvalue weighted by Crippen LogP contribution is -2.30. The minimum Gasteiger partial charge on any atom is -0.279 e. The van der Waals surface area contributed by atoms with Crippen molar-refractivity contribution in [3.63, 3.8) is 0 Å². The molecule has 0 N–H and O–H groups in total. The Bertz CT molecular complexity index is 1440. The first-order valence-electron chi connectivity index (χ1n) is 11.4. The fourth-order valence-electron chi connectivity index (χ4n) is 4.20. The van der Waals surface area contributed by atoms with Crippen LogP contribution in [-0.4, -0.2) is 36.7 Å². The Balaban J connectivity index is 1.51. The Kier molecular flexibility index (Phi) is 6.63. The molecule has 180 valence electrons. The summed E-state index contributed by atoms with van der Waals surface area (Å²) in [4.78, 5) is 20.3. The lowest BCUT2D eigenvalue weighted by Gasteiger charge is -2.21. The monoisotopic (exact) mass is 525 g/mol. The van der Waals surface area contributed by atoms with Gasteiger partial charge in [-0.1, -0.05) is 59.3 Å². The lowest BCUT2D eigenvalue weighted by molar-refractivity contribution is 0.0985. The van der Waals surface area contributed by atoms with E-state index in [9.17, 15) is 13.2 Å². The summed E-state index contributed by atoms with van der Waals surface area (Å²) < 4.78 is 28.1. The fourth-order valence-corrected chi connectivity index (χ4v) is 7.03. The van der Waals surface area contributed by atoms with Crippen LogP contribution in [0.2, 0.25) is 5.02 Å². The Morgan fingerprint density at radius 1 is 1.03 bits per heavy atom. The zero-order chi connectivity index (χ0) is 24.6. The molecule has 9 heteroatoms. The number of anilines is 1. The summed E-state index contributed by atoms with van der Waals surface area (Å²) in [5.41, 5.74) is 3.10. The number of sulfonamides is 1. The second-order valence-corrected chi connectivity index (χ2v) is 11.9. The number of carbonyl (C=O) groups is 1. The fraction of sp³-hybridized carbons (Fsp3) is 0.231. The van der Waals surface area contributed by atoms with Crippen molar-refractivity contribution in [3.05, 3.63) is 88.4 Å². The zero-order valence-electron chi connectivity index (χ0n) is 19.1. The molecule has 0 atom stereocenters. The van der Waals surface area contributed by atoms with Gasteiger partial charge in [0.2, 0.25) is 10.0 Å². The average molecular weight is 526 g/mol. The molecule has 0 radical (unpaired) electrons.